The molecule has 224 valence electrons. The van der Waals surface area contributed by atoms with Crippen molar-refractivity contribution in [2.45, 2.75) is 27.6 Å². The van der Waals surface area contributed by atoms with Gasteiger partial charge in [0, 0.05) is 41.0 Å². The normalized spacial score (nSPS) is 19.4. The zero-order valence-corrected chi connectivity index (χ0v) is 24.7. The molecule has 0 bridgehead atoms. The van der Waals surface area contributed by atoms with Crippen LogP contribution in [0.1, 0.15) is 16.4 Å². The number of amides is 3. The summed E-state index contributed by atoms with van der Waals surface area (Å²) in [5, 5.41) is 18.3. The van der Waals surface area contributed by atoms with E-state index in [2.05, 4.69) is 10.3 Å². The van der Waals surface area contributed by atoms with Crippen LogP contribution in [0.5, 0.6) is 0 Å². The molecule has 6 rings (SSSR count). The van der Waals surface area contributed by atoms with E-state index < -0.39 is 61.2 Å². The summed E-state index contributed by atoms with van der Waals surface area (Å²) >= 11 is 1.89. The van der Waals surface area contributed by atoms with Crippen molar-refractivity contribution in [1.82, 2.24) is 9.55 Å². The van der Waals surface area contributed by atoms with Crippen molar-refractivity contribution in [3.05, 3.63) is 103 Å². The number of imide groups is 1. The number of nitro benzene ring substituents is 1. The van der Waals surface area contributed by atoms with E-state index >= 15 is 0 Å². The number of benzene rings is 2. The van der Waals surface area contributed by atoms with Crippen molar-refractivity contribution in [3.63, 3.8) is 0 Å². The van der Waals surface area contributed by atoms with Crippen molar-refractivity contribution < 1.29 is 27.7 Å². The smallest absolute Gasteiger partial charge is 0.308 e. The number of non-ortho nitro benzene ring substituents is 1. The second-order valence-electron chi connectivity index (χ2n) is 9.85. The van der Waals surface area contributed by atoms with E-state index in [1.165, 1.54) is 53.1 Å². The predicted molar refractivity (Wildman–Crippen MR) is 160 cm³/mol. The minimum atomic E-state index is -3.92. The molecule has 4 aromatic rings. The summed E-state index contributed by atoms with van der Waals surface area (Å²) in [6.45, 7) is -0.417. The summed E-state index contributed by atoms with van der Waals surface area (Å²) in [6.07, 6.45) is 3.11. The van der Waals surface area contributed by atoms with E-state index in [9.17, 15) is 37.7 Å². The molecule has 1 saturated heterocycles. The molecule has 2 aromatic carbocycles. The molecule has 14 nitrogen and oxygen atoms in total. The third-order valence-corrected chi connectivity index (χ3v) is 10.7. The highest BCUT2D eigenvalue weighted by Crippen LogP contribution is 2.53. The highest BCUT2D eigenvalue weighted by molar-refractivity contribution is 8.00. The topological polar surface area (TPSA) is 205 Å². The van der Waals surface area contributed by atoms with Crippen LogP contribution in [-0.4, -0.2) is 45.9 Å². The molecule has 0 aliphatic carbocycles. The van der Waals surface area contributed by atoms with Gasteiger partial charge in [0.15, 0.2) is 0 Å². The molecule has 1 fully saturated rings. The van der Waals surface area contributed by atoms with Gasteiger partial charge in [-0.05, 0) is 48.0 Å². The Morgan fingerprint density at radius 1 is 1.05 bits per heavy atom. The van der Waals surface area contributed by atoms with Crippen LogP contribution in [0.3, 0.4) is 0 Å². The van der Waals surface area contributed by atoms with Gasteiger partial charge in [-0.1, -0.05) is 29.2 Å². The van der Waals surface area contributed by atoms with Gasteiger partial charge in [0.1, 0.15) is 11.8 Å². The first-order valence-electron chi connectivity index (χ1n) is 12.8. The van der Waals surface area contributed by atoms with Crippen molar-refractivity contribution >= 4 is 67.9 Å². The number of nitrogens with zero attached hydrogens (tertiary/aromatic N) is 4. The van der Waals surface area contributed by atoms with Crippen LogP contribution >= 0.6 is 23.1 Å². The Morgan fingerprint density at radius 3 is 2.36 bits per heavy atom. The van der Waals surface area contributed by atoms with Crippen LogP contribution in [-0.2, 0) is 31.0 Å². The molecule has 3 amide bonds. The minimum Gasteiger partial charge on any atom is -0.325 e. The quantitative estimate of drug-likeness (QED) is 0.169. The van der Waals surface area contributed by atoms with E-state index in [0.29, 0.717) is 15.5 Å². The minimum absolute atomic E-state index is 0.135. The van der Waals surface area contributed by atoms with Crippen LogP contribution in [0.4, 0.5) is 17.1 Å². The standard InChI is InChI=1S/C27H20N6O8S3/c28-44(40,41)18-9-3-15(4-10-18)30-19(34)13-31-26-23(43-27(31)37)20(14-2-1-11-29-12-14)21-22(42-26)25(36)32(24(21)35)16-5-7-17(8-6-16)33(38)39/h1-12,20-22H,13H2,(H,30,34)(H2,28,40,41)/t20-,21+,22-/m0/s1. The number of pyridine rings is 1. The fourth-order valence-corrected chi connectivity index (χ4v) is 8.51. The number of nitrogens with two attached hydrogens (primary N) is 1. The van der Waals surface area contributed by atoms with Gasteiger partial charge < -0.3 is 5.32 Å². The highest BCUT2D eigenvalue weighted by atomic mass is 32.2. The monoisotopic (exact) mass is 652 g/mol. The molecule has 0 saturated carbocycles. The SMILES string of the molecule is NS(=O)(=O)c1ccc(NC(=O)Cn2c3c(sc2=O)[C@@H](c2cccnc2)[C@H]2C(=O)N(c4ccc([N+](=O)[O-])cc4)C(=O)[C@H]2S3)cc1. The van der Waals surface area contributed by atoms with Crippen LogP contribution in [0.25, 0.3) is 0 Å². The van der Waals surface area contributed by atoms with Gasteiger partial charge in [0.2, 0.25) is 27.7 Å². The zero-order chi connectivity index (χ0) is 31.3. The zero-order valence-electron chi connectivity index (χ0n) is 22.2. The van der Waals surface area contributed by atoms with E-state index in [1.54, 1.807) is 24.5 Å². The molecule has 2 aromatic heterocycles. The fourth-order valence-electron chi connectivity index (χ4n) is 5.22. The maximum atomic E-state index is 13.9. The third kappa shape index (κ3) is 5.19. The van der Waals surface area contributed by atoms with E-state index in [1.807, 2.05) is 0 Å². The van der Waals surface area contributed by atoms with Crippen LogP contribution in [0.2, 0.25) is 0 Å². The Bertz CT molecular complexity index is 1990. The largest absolute Gasteiger partial charge is 0.325 e. The summed E-state index contributed by atoms with van der Waals surface area (Å²) in [5.74, 6) is -3.29. The second-order valence-corrected chi connectivity index (χ2v) is 13.5. The van der Waals surface area contributed by atoms with Gasteiger partial charge in [-0.2, -0.15) is 0 Å². The number of thiazole rings is 1. The predicted octanol–water partition coefficient (Wildman–Crippen LogP) is 2.29. The number of aromatic nitrogens is 2. The molecule has 3 N–H and O–H groups in total. The molecule has 0 radical (unpaired) electrons. The summed E-state index contributed by atoms with van der Waals surface area (Å²) in [6, 6.07) is 13.7. The van der Waals surface area contributed by atoms with Gasteiger partial charge >= 0.3 is 4.87 Å². The number of rotatable bonds is 7. The van der Waals surface area contributed by atoms with E-state index in [0.717, 1.165) is 28.0 Å². The summed E-state index contributed by atoms with van der Waals surface area (Å²) in [5.41, 5.74) is 0.858. The molecule has 44 heavy (non-hydrogen) atoms. The Labute approximate surface area is 256 Å². The summed E-state index contributed by atoms with van der Waals surface area (Å²) in [4.78, 5) is 69.5. The lowest BCUT2D eigenvalue weighted by molar-refractivity contribution is -0.384. The number of thioether (sulfide) groups is 1. The Balaban J connectivity index is 1.34. The molecule has 2 aliphatic rings. The van der Waals surface area contributed by atoms with Gasteiger partial charge in [0.05, 0.1) is 26.5 Å². The Kier molecular flexibility index (Phi) is 7.40. The molecular weight excluding hydrogens is 633 g/mol. The van der Waals surface area contributed by atoms with Crippen LogP contribution in [0.15, 0.2) is 87.8 Å². The van der Waals surface area contributed by atoms with Crippen LogP contribution < -0.4 is 20.2 Å². The first-order chi connectivity index (χ1) is 20.9. The number of sulfonamides is 1. The van der Waals surface area contributed by atoms with E-state index in [-0.39, 0.29) is 22.0 Å². The number of nitrogens with one attached hydrogen (secondary N) is 1. The van der Waals surface area contributed by atoms with Crippen molar-refractivity contribution in [2.75, 3.05) is 10.2 Å². The van der Waals surface area contributed by atoms with E-state index in [4.69, 9.17) is 5.14 Å². The molecule has 17 heteroatoms. The molecule has 0 unspecified atom stereocenters. The number of carbonyl (C=O) groups is 3. The number of hydrogen-bond acceptors (Lipinski definition) is 11. The van der Waals surface area contributed by atoms with Gasteiger partial charge in [-0.15, -0.1) is 0 Å². The van der Waals surface area contributed by atoms with Gasteiger partial charge in [0.25, 0.3) is 5.69 Å². The molecular formula is C27H20N6O8S3. The van der Waals surface area contributed by atoms with Gasteiger partial charge in [-0.3, -0.25) is 38.8 Å². The maximum Gasteiger partial charge on any atom is 0.308 e. The first kappa shape index (κ1) is 29.4. The third-order valence-electron chi connectivity index (χ3n) is 7.18. The Hall–Kier alpha value is -4.71. The first-order valence-corrected chi connectivity index (χ1v) is 16.0. The number of anilines is 2. The average molecular weight is 653 g/mol. The number of primary sulfonamides is 1. The highest BCUT2D eigenvalue weighted by Gasteiger charge is 2.57. The second kappa shape index (κ2) is 11.1. The summed E-state index contributed by atoms with van der Waals surface area (Å²) < 4.78 is 24.3. The lowest BCUT2D eigenvalue weighted by Crippen LogP contribution is -2.33. The molecule has 4 heterocycles. The van der Waals surface area contributed by atoms with Crippen LogP contribution in [0, 0.1) is 16.0 Å². The fraction of sp³-hybridized carbons (Fsp3) is 0.148. The van der Waals surface area contributed by atoms with Crippen molar-refractivity contribution in [1.29, 1.82) is 0 Å². The number of hydrogen-bond donors (Lipinski definition) is 2. The number of carbonyl (C=O) groups excluding carboxylic acids is 3. The summed E-state index contributed by atoms with van der Waals surface area (Å²) in [7, 11) is -3.92. The number of nitro groups is 1. The average Bonchev–Trinajstić information content (AvgIpc) is 3.43. The maximum absolute atomic E-state index is 13.9. The molecule has 0 spiro atoms. The lowest BCUT2D eigenvalue weighted by Gasteiger charge is -2.30. The Morgan fingerprint density at radius 2 is 1.75 bits per heavy atom. The molecule has 2 aliphatic heterocycles. The van der Waals surface area contributed by atoms with Gasteiger partial charge in [-0.25, -0.2) is 18.5 Å². The van der Waals surface area contributed by atoms with Crippen molar-refractivity contribution in [2.24, 2.45) is 11.1 Å². The number of fused-ring (bicyclic) bond motifs is 2. The molecule has 3 atom stereocenters. The lowest BCUT2D eigenvalue weighted by atomic mass is 9.84. The van der Waals surface area contributed by atoms with Crippen molar-refractivity contribution in [3.8, 4) is 0 Å².